The molecule has 0 aromatic heterocycles. The van der Waals surface area contributed by atoms with Crippen molar-refractivity contribution in [3.05, 3.63) is 0 Å². The number of rotatable bonds is 6. The summed E-state index contributed by atoms with van der Waals surface area (Å²) in [6.07, 6.45) is 6.25. The topological polar surface area (TPSA) is 50.4 Å². The van der Waals surface area contributed by atoms with Gasteiger partial charge in [0.15, 0.2) is 0 Å². The molecular weight excluding hydrogens is 240 g/mol. The van der Waals surface area contributed by atoms with Gasteiger partial charge in [0.05, 0.1) is 19.1 Å². The molecule has 0 radical (unpaired) electrons. The van der Waals surface area contributed by atoms with Crippen molar-refractivity contribution in [2.24, 2.45) is 11.8 Å². The van der Waals surface area contributed by atoms with E-state index in [0.717, 1.165) is 13.0 Å². The summed E-state index contributed by atoms with van der Waals surface area (Å²) in [4.78, 5) is 12.4. The molecule has 0 aromatic carbocycles. The van der Waals surface area contributed by atoms with Crippen molar-refractivity contribution in [2.75, 3.05) is 19.8 Å². The molecule has 4 nitrogen and oxygen atoms in total. The largest absolute Gasteiger partial charge is 0.379 e. The van der Waals surface area contributed by atoms with Gasteiger partial charge in [0.2, 0.25) is 5.91 Å². The van der Waals surface area contributed by atoms with E-state index in [2.05, 4.69) is 24.5 Å². The Morgan fingerprint density at radius 3 is 2.74 bits per heavy atom. The predicted molar refractivity (Wildman–Crippen MR) is 76.0 cm³/mol. The third-order valence-electron chi connectivity index (χ3n) is 4.55. The molecule has 1 aliphatic carbocycles. The molecule has 4 heteroatoms. The highest BCUT2D eigenvalue weighted by atomic mass is 16.5. The van der Waals surface area contributed by atoms with Gasteiger partial charge in [0, 0.05) is 12.1 Å². The van der Waals surface area contributed by atoms with Gasteiger partial charge in [-0.05, 0) is 38.6 Å². The molecule has 0 bridgehead atoms. The monoisotopic (exact) mass is 268 g/mol. The zero-order valence-electron chi connectivity index (χ0n) is 12.3. The summed E-state index contributed by atoms with van der Waals surface area (Å²) in [5.74, 6) is 0.828. The molecule has 110 valence electrons. The molecule has 3 atom stereocenters. The summed E-state index contributed by atoms with van der Waals surface area (Å²) in [6, 6.07) is 0.498. The van der Waals surface area contributed by atoms with Crippen molar-refractivity contribution in [3.63, 3.8) is 0 Å². The molecule has 2 rings (SSSR count). The fourth-order valence-corrected chi connectivity index (χ4v) is 3.25. The Balaban J connectivity index is 1.80. The third-order valence-corrected chi connectivity index (χ3v) is 4.55. The Bertz CT molecular complexity index is 290. The number of hydrogen-bond donors (Lipinski definition) is 2. The van der Waals surface area contributed by atoms with Gasteiger partial charge in [-0.2, -0.15) is 0 Å². The Morgan fingerprint density at radius 1 is 1.32 bits per heavy atom. The lowest BCUT2D eigenvalue weighted by molar-refractivity contribution is -0.126. The first-order valence-electron chi connectivity index (χ1n) is 7.84. The zero-order valence-corrected chi connectivity index (χ0v) is 12.3. The summed E-state index contributed by atoms with van der Waals surface area (Å²) >= 11 is 0. The summed E-state index contributed by atoms with van der Waals surface area (Å²) in [6.45, 7) is 6.47. The van der Waals surface area contributed by atoms with Crippen molar-refractivity contribution in [1.82, 2.24) is 10.6 Å². The van der Waals surface area contributed by atoms with E-state index in [1.165, 1.54) is 25.7 Å². The van der Waals surface area contributed by atoms with Crippen molar-refractivity contribution in [3.8, 4) is 0 Å². The quantitative estimate of drug-likeness (QED) is 0.771. The van der Waals surface area contributed by atoms with E-state index in [-0.39, 0.29) is 17.9 Å². The second-order valence-electron chi connectivity index (χ2n) is 6.05. The van der Waals surface area contributed by atoms with Crippen LogP contribution in [0.4, 0.5) is 0 Å². The minimum Gasteiger partial charge on any atom is -0.379 e. The van der Waals surface area contributed by atoms with Crippen LogP contribution in [0.25, 0.3) is 0 Å². The van der Waals surface area contributed by atoms with Crippen LogP contribution in [-0.2, 0) is 9.53 Å². The second kappa shape index (κ2) is 7.25. The van der Waals surface area contributed by atoms with Gasteiger partial charge in [-0.25, -0.2) is 0 Å². The second-order valence-corrected chi connectivity index (χ2v) is 6.05. The lowest BCUT2D eigenvalue weighted by Gasteiger charge is -2.24. The fourth-order valence-electron chi connectivity index (χ4n) is 3.25. The van der Waals surface area contributed by atoms with Crippen molar-refractivity contribution < 1.29 is 9.53 Å². The van der Waals surface area contributed by atoms with Gasteiger partial charge in [0.1, 0.15) is 0 Å². The SMILES string of the molecule is CCCNC1COCC1C(=O)N[C@H](C)C1CCCC1. The van der Waals surface area contributed by atoms with Gasteiger partial charge in [-0.15, -0.1) is 0 Å². The van der Waals surface area contributed by atoms with Crippen molar-refractivity contribution >= 4 is 5.91 Å². The summed E-state index contributed by atoms with van der Waals surface area (Å²) < 4.78 is 5.47. The number of amides is 1. The highest BCUT2D eigenvalue weighted by Gasteiger charge is 2.35. The van der Waals surface area contributed by atoms with E-state index in [1.54, 1.807) is 0 Å². The standard InChI is InChI=1S/C15H28N2O2/c1-3-8-16-14-10-19-9-13(14)15(18)17-11(2)12-6-4-5-7-12/h11-14,16H,3-10H2,1-2H3,(H,17,18)/t11-,13?,14?/m1/s1. The smallest absolute Gasteiger partial charge is 0.227 e. The van der Waals surface area contributed by atoms with E-state index in [4.69, 9.17) is 4.74 Å². The molecule has 19 heavy (non-hydrogen) atoms. The lowest BCUT2D eigenvalue weighted by atomic mass is 9.97. The Morgan fingerprint density at radius 2 is 2.05 bits per heavy atom. The molecule has 2 N–H and O–H groups in total. The first-order valence-corrected chi connectivity index (χ1v) is 7.84. The van der Waals surface area contributed by atoms with Crippen LogP contribution in [-0.4, -0.2) is 37.7 Å². The van der Waals surface area contributed by atoms with Crippen LogP contribution in [0.1, 0.15) is 46.0 Å². The first kappa shape index (κ1) is 14.8. The Hall–Kier alpha value is -0.610. The average molecular weight is 268 g/mol. The molecule has 2 aliphatic rings. The molecule has 1 aliphatic heterocycles. The summed E-state index contributed by atoms with van der Waals surface area (Å²) in [5.41, 5.74) is 0. The molecular formula is C15H28N2O2. The molecule has 1 saturated heterocycles. The molecule has 1 saturated carbocycles. The van der Waals surface area contributed by atoms with E-state index in [0.29, 0.717) is 25.2 Å². The molecule has 0 spiro atoms. The van der Waals surface area contributed by atoms with Crippen molar-refractivity contribution in [1.29, 1.82) is 0 Å². The van der Waals surface area contributed by atoms with E-state index >= 15 is 0 Å². The normalized spacial score (nSPS) is 29.6. The van der Waals surface area contributed by atoms with Gasteiger partial charge < -0.3 is 15.4 Å². The Kier molecular flexibility index (Phi) is 5.64. The van der Waals surface area contributed by atoms with Crippen LogP contribution < -0.4 is 10.6 Å². The van der Waals surface area contributed by atoms with Crippen LogP contribution in [0.2, 0.25) is 0 Å². The minimum atomic E-state index is -0.0181. The molecule has 2 fully saturated rings. The number of ether oxygens (including phenoxy) is 1. The van der Waals surface area contributed by atoms with Gasteiger partial charge >= 0.3 is 0 Å². The van der Waals surface area contributed by atoms with Crippen LogP contribution in [0.15, 0.2) is 0 Å². The summed E-state index contributed by atoms with van der Waals surface area (Å²) in [7, 11) is 0. The first-order chi connectivity index (χ1) is 9.22. The molecule has 1 heterocycles. The highest BCUT2D eigenvalue weighted by molar-refractivity contribution is 5.80. The molecule has 1 amide bonds. The van der Waals surface area contributed by atoms with E-state index in [1.807, 2.05) is 0 Å². The van der Waals surface area contributed by atoms with E-state index < -0.39 is 0 Å². The fraction of sp³-hybridized carbons (Fsp3) is 0.933. The molecule has 0 aromatic rings. The maximum atomic E-state index is 12.4. The number of hydrogen-bond acceptors (Lipinski definition) is 3. The molecule has 2 unspecified atom stereocenters. The average Bonchev–Trinajstić information content (AvgIpc) is 3.07. The van der Waals surface area contributed by atoms with Gasteiger partial charge in [-0.3, -0.25) is 4.79 Å². The maximum Gasteiger partial charge on any atom is 0.227 e. The zero-order chi connectivity index (χ0) is 13.7. The summed E-state index contributed by atoms with van der Waals surface area (Å²) in [5, 5.41) is 6.63. The number of nitrogens with one attached hydrogen (secondary N) is 2. The maximum absolute atomic E-state index is 12.4. The minimum absolute atomic E-state index is 0.0181. The highest BCUT2D eigenvalue weighted by Crippen LogP contribution is 2.27. The Labute approximate surface area is 116 Å². The third kappa shape index (κ3) is 3.93. The lowest BCUT2D eigenvalue weighted by Crippen LogP contribution is -2.47. The predicted octanol–water partition coefficient (Wildman–Crippen LogP) is 1.70. The van der Waals surface area contributed by atoms with Crippen molar-refractivity contribution in [2.45, 2.75) is 58.0 Å². The van der Waals surface area contributed by atoms with Crippen LogP contribution in [0.3, 0.4) is 0 Å². The van der Waals surface area contributed by atoms with Gasteiger partial charge in [0.25, 0.3) is 0 Å². The van der Waals surface area contributed by atoms with Gasteiger partial charge in [-0.1, -0.05) is 19.8 Å². The number of carbonyl (C=O) groups is 1. The van der Waals surface area contributed by atoms with Crippen LogP contribution in [0, 0.1) is 11.8 Å². The van der Waals surface area contributed by atoms with Crippen LogP contribution >= 0.6 is 0 Å². The number of carbonyl (C=O) groups excluding carboxylic acids is 1. The van der Waals surface area contributed by atoms with E-state index in [9.17, 15) is 4.79 Å². The van der Waals surface area contributed by atoms with Crippen LogP contribution in [0.5, 0.6) is 0 Å².